The van der Waals surface area contributed by atoms with E-state index < -0.39 is 5.25 Å². The first-order valence-corrected chi connectivity index (χ1v) is 8.54. The molecule has 3 aromatic rings. The van der Waals surface area contributed by atoms with Crippen molar-refractivity contribution in [3.05, 3.63) is 42.5 Å². The molecule has 1 atom stereocenters. The monoisotopic (exact) mass is 358 g/mol. The zero-order chi connectivity index (χ0) is 17.8. The number of nitrogens with zero attached hydrogens (tertiary/aromatic N) is 1. The highest BCUT2D eigenvalue weighted by Crippen LogP contribution is 2.31. The number of aromatic nitrogens is 1. The average molecular weight is 358 g/mol. The molecule has 7 heteroatoms. The number of hydrogen-bond donors (Lipinski definition) is 1. The molecule has 0 aliphatic carbocycles. The number of benzene rings is 2. The number of fused-ring (bicyclic) bond motifs is 1. The summed E-state index contributed by atoms with van der Waals surface area (Å²) in [5.41, 5.74) is 2.02. The van der Waals surface area contributed by atoms with Crippen LogP contribution in [0.2, 0.25) is 0 Å². The van der Waals surface area contributed by atoms with E-state index in [1.807, 2.05) is 24.3 Å². The minimum atomic E-state index is -0.399. The number of carbonyl (C=O) groups excluding carboxylic acids is 1. The largest absolute Gasteiger partial charge is 0.497 e. The van der Waals surface area contributed by atoms with Gasteiger partial charge in [0.25, 0.3) is 5.22 Å². The zero-order valence-electron chi connectivity index (χ0n) is 14.1. The number of methoxy groups -OCH3 is 2. The van der Waals surface area contributed by atoms with Crippen LogP contribution < -0.4 is 14.8 Å². The normalized spacial score (nSPS) is 12.0. The van der Waals surface area contributed by atoms with Crippen LogP contribution in [0.4, 0.5) is 5.69 Å². The molecule has 1 N–H and O–H groups in total. The van der Waals surface area contributed by atoms with Crippen molar-refractivity contribution in [2.45, 2.75) is 17.4 Å². The SMILES string of the molecule is COc1ccc(OC)c(NC(=O)[C@@H](C)Sc2nc3ccccc3o2)c1. The summed E-state index contributed by atoms with van der Waals surface area (Å²) >= 11 is 1.26. The molecule has 0 radical (unpaired) electrons. The van der Waals surface area contributed by atoms with E-state index in [1.54, 1.807) is 39.3 Å². The summed E-state index contributed by atoms with van der Waals surface area (Å²) < 4.78 is 16.1. The summed E-state index contributed by atoms with van der Waals surface area (Å²) in [7, 11) is 3.12. The van der Waals surface area contributed by atoms with E-state index in [0.717, 1.165) is 5.52 Å². The van der Waals surface area contributed by atoms with Crippen LogP contribution in [0.5, 0.6) is 11.5 Å². The molecule has 0 aliphatic rings. The number of oxazole rings is 1. The van der Waals surface area contributed by atoms with Gasteiger partial charge in [-0.05, 0) is 31.2 Å². The zero-order valence-corrected chi connectivity index (χ0v) is 14.9. The van der Waals surface area contributed by atoms with Gasteiger partial charge in [0.1, 0.15) is 17.0 Å². The number of thioether (sulfide) groups is 1. The van der Waals surface area contributed by atoms with Crippen molar-refractivity contribution in [3.63, 3.8) is 0 Å². The molecule has 0 spiro atoms. The van der Waals surface area contributed by atoms with Crippen molar-refractivity contribution in [2.75, 3.05) is 19.5 Å². The van der Waals surface area contributed by atoms with Crippen LogP contribution in [-0.2, 0) is 4.79 Å². The predicted molar refractivity (Wildman–Crippen MR) is 97.5 cm³/mol. The molecule has 1 heterocycles. The third-order valence-electron chi connectivity index (χ3n) is 3.59. The Morgan fingerprint density at radius 1 is 1.20 bits per heavy atom. The van der Waals surface area contributed by atoms with Crippen LogP contribution in [0.1, 0.15) is 6.92 Å². The van der Waals surface area contributed by atoms with E-state index in [1.165, 1.54) is 11.8 Å². The van der Waals surface area contributed by atoms with Gasteiger partial charge in [0.15, 0.2) is 5.58 Å². The van der Waals surface area contributed by atoms with Gasteiger partial charge in [0, 0.05) is 6.07 Å². The summed E-state index contributed by atoms with van der Waals surface area (Å²) in [6, 6.07) is 12.7. The second kappa shape index (κ2) is 7.48. The second-order valence-electron chi connectivity index (χ2n) is 5.26. The number of para-hydroxylation sites is 2. The lowest BCUT2D eigenvalue weighted by molar-refractivity contribution is -0.115. The van der Waals surface area contributed by atoms with Gasteiger partial charge < -0.3 is 19.2 Å². The number of carbonyl (C=O) groups is 1. The minimum Gasteiger partial charge on any atom is -0.497 e. The van der Waals surface area contributed by atoms with Crippen molar-refractivity contribution < 1.29 is 18.7 Å². The molecule has 0 fully saturated rings. The van der Waals surface area contributed by atoms with Crippen LogP contribution in [0.3, 0.4) is 0 Å². The first-order valence-electron chi connectivity index (χ1n) is 7.66. The molecule has 2 aromatic carbocycles. The number of hydrogen-bond acceptors (Lipinski definition) is 6. The highest BCUT2D eigenvalue weighted by molar-refractivity contribution is 8.00. The summed E-state index contributed by atoms with van der Waals surface area (Å²) in [6.45, 7) is 1.79. The average Bonchev–Trinajstić information content (AvgIpc) is 3.03. The van der Waals surface area contributed by atoms with Gasteiger partial charge in [-0.1, -0.05) is 23.9 Å². The fourth-order valence-corrected chi connectivity index (χ4v) is 3.01. The molecule has 130 valence electrons. The summed E-state index contributed by atoms with van der Waals surface area (Å²) in [5, 5.41) is 2.92. The fourth-order valence-electron chi connectivity index (χ4n) is 2.25. The van der Waals surface area contributed by atoms with Crippen LogP contribution in [0.25, 0.3) is 11.1 Å². The smallest absolute Gasteiger partial charge is 0.257 e. The Kier molecular flexibility index (Phi) is 5.14. The Balaban J connectivity index is 1.72. The van der Waals surface area contributed by atoms with Crippen molar-refractivity contribution >= 4 is 34.5 Å². The van der Waals surface area contributed by atoms with Gasteiger partial charge >= 0.3 is 0 Å². The Hall–Kier alpha value is -2.67. The van der Waals surface area contributed by atoms with E-state index in [4.69, 9.17) is 13.9 Å². The van der Waals surface area contributed by atoms with Crippen LogP contribution in [0.15, 0.2) is 52.1 Å². The van der Waals surface area contributed by atoms with Crippen LogP contribution >= 0.6 is 11.8 Å². The lowest BCUT2D eigenvalue weighted by Gasteiger charge is -2.14. The van der Waals surface area contributed by atoms with Gasteiger partial charge in [-0.2, -0.15) is 0 Å². The first kappa shape index (κ1) is 17.2. The van der Waals surface area contributed by atoms with Gasteiger partial charge in [-0.15, -0.1) is 0 Å². The van der Waals surface area contributed by atoms with E-state index in [0.29, 0.717) is 28.0 Å². The third-order valence-corrected chi connectivity index (χ3v) is 4.53. The Morgan fingerprint density at radius 3 is 2.72 bits per heavy atom. The van der Waals surface area contributed by atoms with Crippen molar-refractivity contribution in [1.29, 1.82) is 0 Å². The van der Waals surface area contributed by atoms with Gasteiger partial charge in [0.05, 0.1) is 25.2 Å². The Labute approximate surface area is 149 Å². The molecular formula is C18H18N2O4S. The predicted octanol–water partition coefficient (Wildman–Crippen LogP) is 3.96. The molecule has 0 saturated carbocycles. The number of anilines is 1. The standard InChI is InChI=1S/C18H18N2O4S/c1-11(25-18-20-13-6-4-5-7-16(13)24-18)17(21)19-14-10-12(22-2)8-9-15(14)23-3/h4-11H,1-3H3,(H,19,21)/t11-/m1/s1. The van der Waals surface area contributed by atoms with Crippen molar-refractivity contribution in [2.24, 2.45) is 0 Å². The molecule has 0 saturated heterocycles. The Morgan fingerprint density at radius 2 is 2.00 bits per heavy atom. The number of ether oxygens (including phenoxy) is 2. The quantitative estimate of drug-likeness (QED) is 0.672. The van der Waals surface area contributed by atoms with Crippen LogP contribution in [-0.4, -0.2) is 30.4 Å². The maximum absolute atomic E-state index is 12.5. The van der Waals surface area contributed by atoms with Gasteiger partial charge in [-0.25, -0.2) is 4.98 Å². The highest BCUT2D eigenvalue weighted by Gasteiger charge is 2.19. The van der Waals surface area contributed by atoms with Crippen LogP contribution in [0, 0.1) is 0 Å². The summed E-state index contributed by atoms with van der Waals surface area (Å²) in [5.74, 6) is 1.02. The molecule has 0 unspecified atom stereocenters. The number of rotatable bonds is 6. The molecular weight excluding hydrogens is 340 g/mol. The Bertz CT molecular complexity index is 861. The van der Waals surface area contributed by atoms with Crippen molar-refractivity contribution in [3.8, 4) is 11.5 Å². The highest BCUT2D eigenvalue weighted by atomic mass is 32.2. The van der Waals surface area contributed by atoms with E-state index in [9.17, 15) is 4.79 Å². The number of nitrogens with one attached hydrogen (secondary N) is 1. The summed E-state index contributed by atoms with van der Waals surface area (Å²) in [4.78, 5) is 16.9. The van der Waals surface area contributed by atoms with Crippen molar-refractivity contribution in [1.82, 2.24) is 4.98 Å². The van der Waals surface area contributed by atoms with E-state index in [2.05, 4.69) is 10.3 Å². The summed E-state index contributed by atoms with van der Waals surface area (Å²) in [6.07, 6.45) is 0. The van der Waals surface area contributed by atoms with Gasteiger partial charge in [0.2, 0.25) is 5.91 Å². The molecule has 0 bridgehead atoms. The molecule has 1 amide bonds. The molecule has 3 rings (SSSR count). The fraction of sp³-hybridized carbons (Fsp3) is 0.222. The van der Waals surface area contributed by atoms with Gasteiger partial charge in [-0.3, -0.25) is 4.79 Å². The second-order valence-corrected chi connectivity index (χ2v) is 6.56. The molecule has 25 heavy (non-hydrogen) atoms. The minimum absolute atomic E-state index is 0.182. The third kappa shape index (κ3) is 3.88. The topological polar surface area (TPSA) is 73.6 Å². The lowest BCUT2D eigenvalue weighted by atomic mass is 10.2. The molecule has 1 aromatic heterocycles. The lowest BCUT2D eigenvalue weighted by Crippen LogP contribution is -2.22. The molecule has 6 nitrogen and oxygen atoms in total. The number of amides is 1. The van der Waals surface area contributed by atoms with E-state index in [-0.39, 0.29) is 5.91 Å². The maximum atomic E-state index is 12.5. The first-order chi connectivity index (χ1) is 12.1. The molecule has 0 aliphatic heterocycles. The maximum Gasteiger partial charge on any atom is 0.257 e. The van der Waals surface area contributed by atoms with E-state index >= 15 is 0 Å².